The third-order valence-electron chi connectivity index (χ3n) is 5.10. The van der Waals surface area contributed by atoms with Crippen LogP contribution in [0.5, 0.6) is 0 Å². The number of amides is 2. The number of nitrogens with one attached hydrogen (secondary N) is 2. The molecule has 3 rings (SSSR count). The molecule has 0 unspecified atom stereocenters. The highest BCUT2D eigenvalue weighted by atomic mass is 35.5. The molecular formula is C22H27ClN3O2+. The monoisotopic (exact) mass is 400 g/mol. The van der Waals surface area contributed by atoms with Crippen LogP contribution in [-0.2, 0) is 11.3 Å². The highest BCUT2D eigenvalue weighted by Gasteiger charge is 2.23. The Morgan fingerprint density at radius 3 is 2.57 bits per heavy atom. The van der Waals surface area contributed by atoms with E-state index in [4.69, 9.17) is 11.6 Å². The lowest BCUT2D eigenvalue weighted by Gasteiger charge is -2.32. The predicted molar refractivity (Wildman–Crippen MR) is 111 cm³/mol. The number of piperazine rings is 1. The molecule has 0 bridgehead atoms. The Morgan fingerprint density at radius 1 is 1.11 bits per heavy atom. The normalized spacial score (nSPS) is 14.7. The van der Waals surface area contributed by atoms with E-state index in [1.165, 1.54) is 16.0 Å². The Hall–Kier alpha value is -2.37. The summed E-state index contributed by atoms with van der Waals surface area (Å²) < 4.78 is 0. The lowest BCUT2D eigenvalue weighted by molar-refractivity contribution is -0.917. The second kappa shape index (κ2) is 9.71. The maximum atomic E-state index is 12.4. The molecule has 2 aromatic rings. The Kier molecular flexibility index (Phi) is 7.06. The van der Waals surface area contributed by atoms with Crippen LogP contribution in [0, 0.1) is 6.92 Å². The predicted octanol–water partition coefficient (Wildman–Crippen LogP) is 1.70. The second-order valence-corrected chi connectivity index (χ2v) is 7.69. The highest BCUT2D eigenvalue weighted by molar-refractivity contribution is 6.33. The van der Waals surface area contributed by atoms with Crippen molar-refractivity contribution in [2.75, 3.05) is 32.7 Å². The van der Waals surface area contributed by atoms with Crippen LogP contribution in [0.4, 0.5) is 0 Å². The van der Waals surface area contributed by atoms with Crippen LogP contribution in [-0.4, -0.2) is 49.4 Å². The second-order valence-electron chi connectivity index (χ2n) is 7.28. The van der Waals surface area contributed by atoms with Crippen molar-refractivity contribution in [1.29, 1.82) is 0 Å². The van der Waals surface area contributed by atoms with Crippen LogP contribution in [0.1, 0.15) is 27.9 Å². The Balaban J connectivity index is 1.39. The van der Waals surface area contributed by atoms with Gasteiger partial charge in [-0.1, -0.05) is 53.6 Å². The van der Waals surface area contributed by atoms with Gasteiger partial charge < -0.3 is 15.1 Å². The summed E-state index contributed by atoms with van der Waals surface area (Å²) in [6, 6.07) is 15.5. The Morgan fingerprint density at radius 2 is 1.86 bits per heavy atom. The van der Waals surface area contributed by atoms with Crippen LogP contribution in [0.3, 0.4) is 0 Å². The van der Waals surface area contributed by atoms with E-state index in [1.807, 2.05) is 4.90 Å². The molecule has 0 spiro atoms. The van der Waals surface area contributed by atoms with Gasteiger partial charge in [0.1, 0.15) is 6.54 Å². The molecule has 0 atom stereocenters. The van der Waals surface area contributed by atoms with Crippen molar-refractivity contribution in [2.45, 2.75) is 19.9 Å². The topological polar surface area (TPSA) is 53.9 Å². The van der Waals surface area contributed by atoms with Crippen molar-refractivity contribution in [3.8, 4) is 0 Å². The molecule has 2 N–H and O–H groups in total. The largest absolute Gasteiger partial charge is 0.351 e. The van der Waals surface area contributed by atoms with Crippen LogP contribution in [0.25, 0.3) is 0 Å². The molecule has 6 heteroatoms. The molecule has 28 heavy (non-hydrogen) atoms. The van der Waals surface area contributed by atoms with Gasteiger partial charge in [-0.15, -0.1) is 0 Å². The van der Waals surface area contributed by atoms with Crippen LogP contribution < -0.4 is 10.2 Å². The molecule has 1 saturated heterocycles. The molecule has 148 valence electrons. The summed E-state index contributed by atoms with van der Waals surface area (Å²) in [5, 5.41) is 3.20. The fraction of sp³-hybridized carbons (Fsp3) is 0.364. The Labute approximate surface area is 171 Å². The van der Waals surface area contributed by atoms with E-state index >= 15 is 0 Å². The molecule has 0 saturated carbocycles. The number of halogens is 1. The Bertz CT molecular complexity index is 832. The molecule has 1 aliphatic rings. The minimum atomic E-state index is -0.245. The summed E-state index contributed by atoms with van der Waals surface area (Å²) in [6.45, 7) is 6.85. The van der Waals surface area contributed by atoms with Gasteiger partial charge in [-0.2, -0.15) is 0 Å². The molecule has 1 fully saturated rings. The van der Waals surface area contributed by atoms with Gasteiger partial charge in [0.2, 0.25) is 5.91 Å². The van der Waals surface area contributed by atoms with Crippen molar-refractivity contribution < 1.29 is 14.5 Å². The molecule has 2 amide bonds. The van der Waals surface area contributed by atoms with Gasteiger partial charge in [-0.3, -0.25) is 9.59 Å². The van der Waals surface area contributed by atoms with Gasteiger partial charge in [-0.25, -0.2) is 0 Å². The summed E-state index contributed by atoms with van der Waals surface area (Å²) >= 11 is 6.02. The smallest absolute Gasteiger partial charge is 0.252 e. The maximum absolute atomic E-state index is 12.4. The minimum absolute atomic E-state index is 0.0917. The van der Waals surface area contributed by atoms with Crippen LogP contribution >= 0.6 is 11.6 Å². The third kappa shape index (κ3) is 5.57. The number of quaternary nitrogens is 1. The van der Waals surface area contributed by atoms with Crippen molar-refractivity contribution in [3.05, 3.63) is 70.2 Å². The average Bonchev–Trinajstić information content (AvgIpc) is 2.69. The van der Waals surface area contributed by atoms with E-state index in [-0.39, 0.29) is 11.8 Å². The fourth-order valence-electron chi connectivity index (χ4n) is 3.54. The number of benzene rings is 2. The highest BCUT2D eigenvalue weighted by Crippen LogP contribution is 2.14. The number of nitrogens with zero attached hydrogens (tertiary/aromatic N) is 1. The van der Waals surface area contributed by atoms with E-state index in [0.29, 0.717) is 23.6 Å². The van der Waals surface area contributed by atoms with Gasteiger partial charge in [-0.05, 0) is 19.1 Å². The van der Waals surface area contributed by atoms with Crippen molar-refractivity contribution in [3.63, 3.8) is 0 Å². The quantitative estimate of drug-likeness (QED) is 0.775. The van der Waals surface area contributed by atoms with Gasteiger partial charge in [0.15, 0.2) is 0 Å². The first-order chi connectivity index (χ1) is 13.5. The SMILES string of the molecule is Cc1cccc(C[NH+]2CCN(C(=O)CCNC(=O)c3ccccc3Cl)CC2)c1. The van der Waals surface area contributed by atoms with Gasteiger partial charge in [0, 0.05) is 18.5 Å². The first-order valence-corrected chi connectivity index (χ1v) is 10.1. The van der Waals surface area contributed by atoms with E-state index in [2.05, 4.69) is 36.5 Å². The zero-order valence-corrected chi connectivity index (χ0v) is 17.0. The molecule has 2 aromatic carbocycles. The first-order valence-electron chi connectivity index (χ1n) is 9.72. The summed E-state index contributed by atoms with van der Waals surface area (Å²) in [6.07, 6.45) is 0.309. The van der Waals surface area contributed by atoms with Crippen molar-refractivity contribution in [2.24, 2.45) is 0 Å². The molecular weight excluding hydrogens is 374 g/mol. The van der Waals surface area contributed by atoms with E-state index in [9.17, 15) is 9.59 Å². The first kappa shape index (κ1) is 20.4. The third-order valence-corrected chi connectivity index (χ3v) is 5.43. The van der Waals surface area contributed by atoms with Crippen LogP contribution in [0.2, 0.25) is 5.02 Å². The van der Waals surface area contributed by atoms with Crippen molar-refractivity contribution in [1.82, 2.24) is 10.2 Å². The number of hydrogen-bond acceptors (Lipinski definition) is 2. The maximum Gasteiger partial charge on any atom is 0.252 e. The molecule has 0 aromatic heterocycles. The molecule has 1 aliphatic heterocycles. The number of rotatable bonds is 6. The molecule has 0 radical (unpaired) electrons. The van der Waals surface area contributed by atoms with E-state index in [1.54, 1.807) is 24.3 Å². The number of aryl methyl sites for hydroxylation is 1. The molecule has 5 nitrogen and oxygen atoms in total. The van der Waals surface area contributed by atoms with Crippen molar-refractivity contribution >= 4 is 23.4 Å². The molecule has 1 heterocycles. The van der Waals surface area contributed by atoms with Crippen LogP contribution in [0.15, 0.2) is 48.5 Å². The van der Waals surface area contributed by atoms with E-state index < -0.39 is 0 Å². The molecule has 0 aliphatic carbocycles. The summed E-state index contributed by atoms with van der Waals surface area (Å²) in [4.78, 5) is 28.0. The standard InChI is InChI=1S/C22H26ClN3O2/c1-17-5-4-6-18(15-17)16-25-11-13-26(14-12-25)21(27)9-10-24-22(28)19-7-2-3-8-20(19)23/h2-8,15H,9-14,16H2,1H3,(H,24,28)/p+1. The zero-order valence-electron chi connectivity index (χ0n) is 16.2. The summed E-state index contributed by atoms with van der Waals surface area (Å²) in [5.41, 5.74) is 3.06. The minimum Gasteiger partial charge on any atom is -0.351 e. The lowest BCUT2D eigenvalue weighted by Crippen LogP contribution is -3.13. The average molecular weight is 401 g/mol. The van der Waals surface area contributed by atoms with E-state index in [0.717, 1.165) is 32.7 Å². The summed E-state index contributed by atoms with van der Waals surface area (Å²) in [5.74, 6) is -0.153. The fourth-order valence-corrected chi connectivity index (χ4v) is 3.76. The number of hydrogen-bond donors (Lipinski definition) is 2. The summed E-state index contributed by atoms with van der Waals surface area (Å²) in [7, 11) is 0. The van der Waals surface area contributed by atoms with Gasteiger partial charge >= 0.3 is 0 Å². The van der Waals surface area contributed by atoms with Gasteiger partial charge in [0.05, 0.1) is 36.8 Å². The number of carbonyl (C=O) groups is 2. The van der Waals surface area contributed by atoms with Gasteiger partial charge in [0.25, 0.3) is 5.91 Å². The zero-order chi connectivity index (χ0) is 19.9. The lowest BCUT2D eigenvalue weighted by atomic mass is 10.1. The number of carbonyl (C=O) groups excluding carboxylic acids is 2.